The van der Waals surface area contributed by atoms with Crippen molar-refractivity contribution in [3.8, 4) is 0 Å². The van der Waals surface area contributed by atoms with E-state index < -0.39 is 0 Å². The molecule has 2 aromatic rings. The highest BCUT2D eigenvalue weighted by Gasteiger charge is 2.29. The SMILES string of the molecule is Cc1nn(C)c(C)c1CNc1nc(C2CC2)nc2c1CCC2. The molecule has 4 rings (SSSR count). The number of nitrogens with zero attached hydrogens (tertiary/aromatic N) is 4. The molecule has 0 bridgehead atoms. The predicted octanol–water partition coefficient (Wildman–Crippen LogP) is 2.81. The largest absolute Gasteiger partial charge is 0.366 e. The molecule has 5 nitrogen and oxygen atoms in total. The van der Waals surface area contributed by atoms with E-state index in [2.05, 4.69) is 24.3 Å². The Balaban J connectivity index is 1.62. The van der Waals surface area contributed by atoms with E-state index >= 15 is 0 Å². The van der Waals surface area contributed by atoms with Crippen molar-refractivity contribution in [3.63, 3.8) is 0 Å². The van der Waals surface area contributed by atoms with E-state index in [0.29, 0.717) is 5.92 Å². The van der Waals surface area contributed by atoms with Crippen molar-refractivity contribution in [1.29, 1.82) is 0 Å². The summed E-state index contributed by atoms with van der Waals surface area (Å²) in [6, 6.07) is 0. The normalized spacial score (nSPS) is 16.9. The molecule has 0 aromatic carbocycles. The molecule has 2 aliphatic carbocycles. The molecule has 1 fully saturated rings. The lowest BCUT2D eigenvalue weighted by Crippen LogP contribution is -2.09. The first-order valence-corrected chi connectivity index (χ1v) is 8.26. The van der Waals surface area contributed by atoms with Gasteiger partial charge in [-0.25, -0.2) is 9.97 Å². The number of anilines is 1. The van der Waals surface area contributed by atoms with Gasteiger partial charge in [0.05, 0.1) is 5.69 Å². The third kappa shape index (κ3) is 2.28. The van der Waals surface area contributed by atoms with Gasteiger partial charge in [-0.15, -0.1) is 0 Å². The molecule has 0 amide bonds. The lowest BCUT2D eigenvalue weighted by molar-refractivity contribution is 0.730. The zero-order valence-corrected chi connectivity index (χ0v) is 13.6. The maximum absolute atomic E-state index is 4.84. The van der Waals surface area contributed by atoms with Crippen LogP contribution in [0.3, 0.4) is 0 Å². The van der Waals surface area contributed by atoms with Gasteiger partial charge in [0.15, 0.2) is 0 Å². The average Bonchev–Trinajstić information content (AvgIpc) is 3.18. The molecule has 1 saturated carbocycles. The first kappa shape index (κ1) is 13.7. The van der Waals surface area contributed by atoms with Gasteiger partial charge in [-0.1, -0.05) is 0 Å². The number of aryl methyl sites for hydroxylation is 3. The van der Waals surface area contributed by atoms with Crippen LogP contribution in [-0.2, 0) is 26.4 Å². The molecular weight excluding hydrogens is 274 g/mol. The smallest absolute Gasteiger partial charge is 0.134 e. The van der Waals surface area contributed by atoms with Gasteiger partial charge in [-0.3, -0.25) is 4.68 Å². The van der Waals surface area contributed by atoms with Crippen LogP contribution >= 0.6 is 0 Å². The minimum absolute atomic E-state index is 0.605. The zero-order valence-electron chi connectivity index (χ0n) is 13.6. The van der Waals surface area contributed by atoms with E-state index in [1.165, 1.54) is 41.8 Å². The van der Waals surface area contributed by atoms with E-state index in [9.17, 15) is 0 Å². The summed E-state index contributed by atoms with van der Waals surface area (Å²) in [6.45, 7) is 4.99. The summed E-state index contributed by atoms with van der Waals surface area (Å²) in [6.07, 6.45) is 5.92. The molecule has 0 aliphatic heterocycles. The van der Waals surface area contributed by atoms with Crippen LogP contribution in [0.4, 0.5) is 5.82 Å². The first-order chi connectivity index (χ1) is 10.6. The van der Waals surface area contributed by atoms with Crippen molar-refractivity contribution in [3.05, 3.63) is 34.0 Å². The van der Waals surface area contributed by atoms with Gasteiger partial charge in [0, 0.05) is 42.0 Å². The number of hydrogen-bond donors (Lipinski definition) is 1. The molecule has 0 radical (unpaired) electrons. The molecule has 5 heteroatoms. The van der Waals surface area contributed by atoms with Crippen LogP contribution in [0.25, 0.3) is 0 Å². The Morgan fingerprint density at radius 1 is 1.18 bits per heavy atom. The van der Waals surface area contributed by atoms with Gasteiger partial charge in [0.25, 0.3) is 0 Å². The number of fused-ring (bicyclic) bond motifs is 1. The van der Waals surface area contributed by atoms with E-state index in [0.717, 1.165) is 36.7 Å². The number of hydrogen-bond acceptors (Lipinski definition) is 4. The second-order valence-electron chi connectivity index (χ2n) is 6.61. The van der Waals surface area contributed by atoms with Crippen molar-refractivity contribution in [2.75, 3.05) is 5.32 Å². The fraction of sp³-hybridized carbons (Fsp3) is 0.588. The Hall–Kier alpha value is -1.91. The van der Waals surface area contributed by atoms with E-state index in [1.54, 1.807) is 0 Å². The minimum Gasteiger partial charge on any atom is -0.366 e. The maximum atomic E-state index is 4.84. The van der Waals surface area contributed by atoms with Gasteiger partial charge in [0.2, 0.25) is 0 Å². The Morgan fingerprint density at radius 2 is 2.00 bits per heavy atom. The molecule has 0 unspecified atom stereocenters. The third-order valence-electron chi connectivity index (χ3n) is 4.98. The van der Waals surface area contributed by atoms with Crippen LogP contribution in [0.15, 0.2) is 0 Å². The lowest BCUT2D eigenvalue weighted by Gasteiger charge is -2.12. The quantitative estimate of drug-likeness (QED) is 0.943. The summed E-state index contributed by atoms with van der Waals surface area (Å²) in [5.41, 5.74) is 6.21. The Labute approximate surface area is 131 Å². The fourth-order valence-corrected chi connectivity index (χ4v) is 3.37. The molecule has 0 spiro atoms. The molecule has 1 N–H and O–H groups in total. The molecule has 22 heavy (non-hydrogen) atoms. The summed E-state index contributed by atoms with van der Waals surface area (Å²) >= 11 is 0. The van der Waals surface area contributed by atoms with Crippen molar-refractivity contribution < 1.29 is 0 Å². The monoisotopic (exact) mass is 297 g/mol. The fourth-order valence-electron chi connectivity index (χ4n) is 3.37. The summed E-state index contributed by atoms with van der Waals surface area (Å²) in [5, 5.41) is 8.07. The molecule has 2 aliphatic rings. The van der Waals surface area contributed by atoms with Gasteiger partial charge < -0.3 is 5.32 Å². The first-order valence-electron chi connectivity index (χ1n) is 8.26. The highest BCUT2D eigenvalue weighted by Crippen LogP contribution is 2.40. The van der Waals surface area contributed by atoms with Crippen LogP contribution in [0.2, 0.25) is 0 Å². The number of nitrogens with one attached hydrogen (secondary N) is 1. The zero-order chi connectivity index (χ0) is 15.3. The van der Waals surface area contributed by atoms with E-state index in [4.69, 9.17) is 9.97 Å². The third-order valence-corrected chi connectivity index (χ3v) is 4.98. The van der Waals surface area contributed by atoms with E-state index in [1.807, 2.05) is 11.7 Å². The Bertz CT molecular complexity index is 727. The minimum atomic E-state index is 0.605. The molecule has 2 aromatic heterocycles. The summed E-state index contributed by atoms with van der Waals surface area (Å²) in [4.78, 5) is 9.64. The van der Waals surface area contributed by atoms with Gasteiger partial charge in [-0.05, 0) is 46.0 Å². The van der Waals surface area contributed by atoms with Crippen molar-refractivity contribution in [1.82, 2.24) is 19.7 Å². The lowest BCUT2D eigenvalue weighted by atomic mass is 10.2. The predicted molar refractivity (Wildman–Crippen MR) is 86.0 cm³/mol. The summed E-state index contributed by atoms with van der Waals surface area (Å²) in [5.74, 6) is 2.73. The molecular formula is C17H23N5. The maximum Gasteiger partial charge on any atom is 0.134 e. The molecule has 116 valence electrons. The van der Waals surface area contributed by atoms with Crippen LogP contribution < -0.4 is 5.32 Å². The van der Waals surface area contributed by atoms with E-state index in [-0.39, 0.29) is 0 Å². The summed E-state index contributed by atoms with van der Waals surface area (Å²) in [7, 11) is 2.00. The highest BCUT2D eigenvalue weighted by atomic mass is 15.3. The van der Waals surface area contributed by atoms with Crippen molar-refractivity contribution in [2.24, 2.45) is 7.05 Å². The van der Waals surface area contributed by atoms with Crippen molar-refractivity contribution >= 4 is 5.82 Å². The second kappa shape index (κ2) is 5.07. The van der Waals surface area contributed by atoms with Gasteiger partial charge in [0.1, 0.15) is 11.6 Å². The molecule has 0 atom stereocenters. The molecule has 0 saturated heterocycles. The van der Waals surface area contributed by atoms with Crippen molar-refractivity contribution in [2.45, 2.75) is 58.4 Å². The van der Waals surface area contributed by atoms with Crippen LogP contribution in [0.1, 0.15) is 59.2 Å². The highest BCUT2D eigenvalue weighted by molar-refractivity contribution is 5.50. The number of aromatic nitrogens is 4. The summed E-state index contributed by atoms with van der Waals surface area (Å²) < 4.78 is 1.95. The molecule has 2 heterocycles. The van der Waals surface area contributed by atoms with Crippen LogP contribution in [0, 0.1) is 13.8 Å². The van der Waals surface area contributed by atoms with Gasteiger partial charge >= 0.3 is 0 Å². The number of rotatable bonds is 4. The second-order valence-corrected chi connectivity index (χ2v) is 6.61. The topological polar surface area (TPSA) is 55.6 Å². The Morgan fingerprint density at radius 3 is 2.68 bits per heavy atom. The Kier molecular flexibility index (Phi) is 3.17. The van der Waals surface area contributed by atoms with Crippen LogP contribution in [0.5, 0.6) is 0 Å². The standard InChI is InChI=1S/C17H23N5/c1-10-14(11(2)22(3)21-10)9-18-17-13-5-4-6-15(13)19-16(20-17)12-7-8-12/h12H,4-9H2,1-3H3,(H,18,19,20). The van der Waals surface area contributed by atoms with Gasteiger partial charge in [-0.2, -0.15) is 5.10 Å². The average molecular weight is 297 g/mol. The van der Waals surface area contributed by atoms with Crippen LogP contribution in [-0.4, -0.2) is 19.7 Å².